The van der Waals surface area contributed by atoms with Crippen molar-refractivity contribution in [3.05, 3.63) is 0 Å². The summed E-state index contributed by atoms with van der Waals surface area (Å²) >= 11 is 1.76. The highest BCUT2D eigenvalue weighted by Crippen LogP contribution is 2.09. The van der Waals surface area contributed by atoms with Crippen LogP contribution in [0.2, 0.25) is 0 Å². The minimum Gasteiger partial charge on any atom is -0.298 e. The maximum absolute atomic E-state index is 11.2. The first-order valence-corrected chi connectivity index (χ1v) is 5.48. The van der Waals surface area contributed by atoms with Crippen LogP contribution < -0.4 is 0 Å². The van der Waals surface area contributed by atoms with Crippen LogP contribution in [0, 0.1) is 5.92 Å². The van der Waals surface area contributed by atoms with E-state index in [4.69, 9.17) is 0 Å². The minimum absolute atomic E-state index is 0.263. The first-order valence-electron chi connectivity index (χ1n) is 4.32. The summed E-state index contributed by atoms with van der Waals surface area (Å²) in [7, 11) is 0. The lowest BCUT2D eigenvalue weighted by Gasteiger charge is -2.05. The number of carbonyl (C=O) groups excluding carboxylic acids is 1. The summed E-state index contributed by atoms with van der Waals surface area (Å²) in [4.78, 5) is 11.2. The van der Waals surface area contributed by atoms with Gasteiger partial charge in [0, 0.05) is 5.92 Å². The van der Waals surface area contributed by atoms with Crippen molar-refractivity contribution >= 4 is 17.5 Å². The quantitative estimate of drug-likeness (QED) is 0.576. The smallest absolute Gasteiger partial charge is 0.145 e. The molecule has 1 nitrogen and oxygen atoms in total. The van der Waals surface area contributed by atoms with Gasteiger partial charge >= 0.3 is 0 Å². The van der Waals surface area contributed by atoms with Gasteiger partial charge in [-0.25, -0.2) is 0 Å². The van der Waals surface area contributed by atoms with Gasteiger partial charge < -0.3 is 0 Å². The van der Waals surface area contributed by atoms with E-state index in [1.165, 1.54) is 6.42 Å². The molecule has 1 unspecified atom stereocenters. The summed E-state index contributed by atoms with van der Waals surface area (Å²) in [6, 6.07) is 0. The van der Waals surface area contributed by atoms with Crippen LogP contribution in [0.1, 0.15) is 33.6 Å². The van der Waals surface area contributed by atoms with Gasteiger partial charge in [0.15, 0.2) is 0 Å². The molecule has 0 amide bonds. The van der Waals surface area contributed by atoms with Crippen molar-refractivity contribution in [3.8, 4) is 0 Å². The van der Waals surface area contributed by atoms with Gasteiger partial charge in [-0.05, 0) is 18.6 Å². The Balaban J connectivity index is 3.36. The standard InChI is InChI=1S/C9H18OS/c1-4-6-11-7-9(10)8(3)5-2/h8H,4-7H2,1-3H3. The predicted octanol–water partition coefficient (Wildman–Crippen LogP) is 2.74. The predicted molar refractivity (Wildman–Crippen MR) is 52.1 cm³/mol. The fraction of sp³-hybridized carbons (Fsp3) is 0.889. The summed E-state index contributed by atoms with van der Waals surface area (Å²) in [6.07, 6.45) is 2.14. The Labute approximate surface area is 73.9 Å². The Morgan fingerprint density at radius 2 is 2.09 bits per heavy atom. The molecule has 1 atom stereocenters. The molecule has 11 heavy (non-hydrogen) atoms. The van der Waals surface area contributed by atoms with Gasteiger partial charge in [-0.2, -0.15) is 11.8 Å². The largest absolute Gasteiger partial charge is 0.298 e. The van der Waals surface area contributed by atoms with Gasteiger partial charge in [-0.1, -0.05) is 20.8 Å². The van der Waals surface area contributed by atoms with E-state index in [0.717, 1.165) is 12.2 Å². The third-order valence-electron chi connectivity index (χ3n) is 1.75. The van der Waals surface area contributed by atoms with E-state index in [0.29, 0.717) is 11.5 Å². The van der Waals surface area contributed by atoms with Crippen molar-refractivity contribution in [3.63, 3.8) is 0 Å². The number of carbonyl (C=O) groups is 1. The number of Topliss-reactive ketones (excluding diaryl/α,β-unsaturated/α-hetero) is 1. The highest BCUT2D eigenvalue weighted by molar-refractivity contribution is 7.99. The van der Waals surface area contributed by atoms with Crippen LogP contribution in [0.25, 0.3) is 0 Å². The van der Waals surface area contributed by atoms with E-state index >= 15 is 0 Å². The SMILES string of the molecule is CCCSCC(=O)C(C)CC. The van der Waals surface area contributed by atoms with Crippen LogP contribution in [0.5, 0.6) is 0 Å². The molecule has 0 N–H and O–H groups in total. The number of rotatable bonds is 6. The molecule has 0 saturated heterocycles. The monoisotopic (exact) mass is 174 g/mol. The maximum Gasteiger partial charge on any atom is 0.145 e. The van der Waals surface area contributed by atoms with Crippen molar-refractivity contribution in [1.82, 2.24) is 0 Å². The Morgan fingerprint density at radius 3 is 2.55 bits per heavy atom. The molecule has 0 aromatic carbocycles. The molecule has 0 rings (SSSR count). The van der Waals surface area contributed by atoms with Crippen molar-refractivity contribution in [2.24, 2.45) is 5.92 Å². The van der Waals surface area contributed by atoms with Crippen LogP contribution in [-0.2, 0) is 4.79 Å². The molecule has 0 heterocycles. The van der Waals surface area contributed by atoms with Crippen molar-refractivity contribution < 1.29 is 4.79 Å². The Morgan fingerprint density at radius 1 is 1.45 bits per heavy atom. The first-order chi connectivity index (χ1) is 5.22. The fourth-order valence-electron chi connectivity index (χ4n) is 0.687. The third-order valence-corrected chi connectivity index (χ3v) is 2.94. The van der Waals surface area contributed by atoms with Gasteiger partial charge in [0.2, 0.25) is 0 Å². The molecule has 0 aliphatic rings. The number of thioether (sulfide) groups is 1. The average molecular weight is 174 g/mol. The zero-order valence-corrected chi connectivity index (χ0v) is 8.54. The molecule has 0 aliphatic heterocycles. The fourth-order valence-corrected chi connectivity index (χ4v) is 1.61. The highest BCUT2D eigenvalue weighted by Gasteiger charge is 2.09. The molecule has 2 heteroatoms. The normalized spacial score (nSPS) is 13.0. The van der Waals surface area contributed by atoms with E-state index in [1.54, 1.807) is 11.8 Å². The van der Waals surface area contributed by atoms with Crippen LogP contribution in [0.3, 0.4) is 0 Å². The summed E-state index contributed by atoms with van der Waals surface area (Å²) in [5.41, 5.74) is 0. The average Bonchev–Trinajstić information content (AvgIpc) is 2.03. The lowest BCUT2D eigenvalue weighted by Crippen LogP contribution is -2.12. The Hall–Kier alpha value is 0.0200. The van der Waals surface area contributed by atoms with Gasteiger partial charge in [-0.15, -0.1) is 0 Å². The summed E-state index contributed by atoms with van der Waals surface area (Å²) in [5, 5.41) is 0. The molecule has 0 radical (unpaired) electrons. The molecule has 0 aromatic heterocycles. The molecule has 0 fully saturated rings. The number of hydrogen-bond acceptors (Lipinski definition) is 2. The van der Waals surface area contributed by atoms with E-state index in [1.807, 2.05) is 6.92 Å². The zero-order valence-electron chi connectivity index (χ0n) is 7.72. The van der Waals surface area contributed by atoms with E-state index < -0.39 is 0 Å². The molecule has 0 aromatic rings. The summed E-state index contributed by atoms with van der Waals surface area (Å²) in [6.45, 7) is 6.21. The number of ketones is 1. The molecule has 0 bridgehead atoms. The van der Waals surface area contributed by atoms with E-state index in [-0.39, 0.29) is 5.92 Å². The van der Waals surface area contributed by atoms with Crippen molar-refractivity contribution in [2.75, 3.05) is 11.5 Å². The molecule has 0 aliphatic carbocycles. The Kier molecular flexibility index (Phi) is 6.73. The first kappa shape index (κ1) is 11.0. The van der Waals surface area contributed by atoms with Gasteiger partial charge in [-0.3, -0.25) is 4.79 Å². The van der Waals surface area contributed by atoms with Gasteiger partial charge in [0.1, 0.15) is 5.78 Å². The van der Waals surface area contributed by atoms with Crippen LogP contribution >= 0.6 is 11.8 Å². The summed E-state index contributed by atoms with van der Waals surface area (Å²) < 4.78 is 0. The zero-order chi connectivity index (χ0) is 8.69. The van der Waals surface area contributed by atoms with Gasteiger partial charge in [0.05, 0.1) is 5.75 Å². The lowest BCUT2D eigenvalue weighted by molar-refractivity contribution is -0.119. The molecule has 0 spiro atoms. The molecular weight excluding hydrogens is 156 g/mol. The van der Waals surface area contributed by atoms with E-state index in [9.17, 15) is 4.79 Å². The van der Waals surface area contributed by atoms with Crippen LogP contribution in [0.4, 0.5) is 0 Å². The van der Waals surface area contributed by atoms with Gasteiger partial charge in [0.25, 0.3) is 0 Å². The highest BCUT2D eigenvalue weighted by atomic mass is 32.2. The van der Waals surface area contributed by atoms with Crippen molar-refractivity contribution in [2.45, 2.75) is 33.6 Å². The Bertz CT molecular complexity index is 112. The molecule has 66 valence electrons. The summed E-state index contributed by atoms with van der Waals surface area (Å²) in [5.74, 6) is 2.50. The minimum atomic E-state index is 0.263. The van der Waals surface area contributed by atoms with Crippen LogP contribution in [-0.4, -0.2) is 17.3 Å². The second-order valence-electron chi connectivity index (χ2n) is 2.83. The van der Waals surface area contributed by atoms with Crippen molar-refractivity contribution in [1.29, 1.82) is 0 Å². The number of hydrogen-bond donors (Lipinski definition) is 0. The van der Waals surface area contributed by atoms with Crippen LogP contribution in [0.15, 0.2) is 0 Å². The second kappa shape index (κ2) is 6.71. The third kappa shape index (κ3) is 5.31. The topological polar surface area (TPSA) is 17.1 Å². The second-order valence-corrected chi connectivity index (χ2v) is 3.93. The lowest BCUT2D eigenvalue weighted by atomic mass is 10.1. The molecule has 0 saturated carbocycles. The van der Waals surface area contributed by atoms with E-state index in [2.05, 4.69) is 13.8 Å². The molecular formula is C9H18OS. The maximum atomic E-state index is 11.2.